The molecule has 0 aromatic heterocycles. The number of carboxylic acid groups (broad SMARTS) is 1. The van der Waals surface area contributed by atoms with Crippen molar-refractivity contribution in [2.24, 2.45) is 17.8 Å². The molecule has 2 aromatic rings. The lowest BCUT2D eigenvalue weighted by molar-refractivity contribution is -0.149. The van der Waals surface area contributed by atoms with Gasteiger partial charge in [0.2, 0.25) is 11.8 Å². The quantitative estimate of drug-likeness (QED) is 0.503. The minimum atomic E-state index is -1.67. The second-order valence-corrected chi connectivity index (χ2v) is 9.83. The zero-order valence-electron chi connectivity index (χ0n) is 18.4. The maximum Gasteiger partial charge on any atom is 0.324 e. The van der Waals surface area contributed by atoms with Crippen LogP contribution in [0.25, 0.3) is 0 Å². The summed E-state index contributed by atoms with van der Waals surface area (Å²) in [6.45, 7) is 3.73. The van der Waals surface area contributed by atoms with Crippen LogP contribution in [-0.4, -0.2) is 40.6 Å². The van der Waals surface area contributed by atoms with Crippen molar-refractivity contribution in [1.29, 1.82) is 0 Å². The number of amides is 2. The summed E-state index contributed by atoms with van der Waals surface area (Å²) in [5, 5.41) is 24.1. The first kappa shape index (κ1) is 23.3. The van der Waals surface area contributed by atoms with Crippen molar-refractivity contribution in [2.75, 3.05) is 12.0 Å². The number of phenols is 1. The number of halogens is 1. The van der Waals surface area contributed by atoms with Crippen molar-refractivity contribution in [1.82, 2.24) is 5.32 Å². The number of aliphatic carboxylic acids is 1. The van der Waals surface area contributed by atoms with Crippen LogP contribution in [0.1, 0.15) is 31.9 Å². The molecule has 0 saturated carbocycles. The summed E-state index contributed by atoms with van der Waals surface area (Å²) in [6.07, 6.45) is 0.137. The van der Waals surface area contributed by atoms with Gasteiger partial charge >= 0.3 is 5.97 Å². The van der Waals surface area contributed by atoms with Gasteiger partial charge in [-0.15, -0.1) is 0 Å². The molecule has 8 nitrogen and oxygen atoms in total. The fourth-order valence-corrected chi connectivity index (χ4v) is 5.40. The molecule has 2 fully saturated rings. The molecule has 4 atom stereocenters. The Balaban J connectivity index is 1.89. The summed E-state index contributed by atoms with van der Waals surface area (Å²) in [5.74, 6) is -4.14. The second-order valence-electron chi connectivity index (χ2n) is 8.91. The van der Waals surface area contributed by atoms with Crippen LogP contribution in [0.2, 0.25) is 0 Å². The molecule has 0 spiro atoms. The van der Waals surface area contributed by atoms with E-state index < -0.39 is 41.2 Å². The van der Waals surface area contributed by atoms with Crippen LogP contribution in [0.3, 0.4) is 0 Å². The topological polar surface area (TPSA) is 116 Å². The number of nitrogens with one attached hydrogen (secondary N) is 1. The predicted octanol–water partition coefficient (Wildman–Crippen LogP) is 3.48. The third kappa shape index (κ3) is 3.69. The highest BCUT2D eigenvalue weighted by Crippen LogP contribution is 2.53. The lowest BCUT2D eigenvalue weighted by Crippen LogP contribution is -2.56. The minimum absolute atomic E-state index is 0.0726. The molecule has 9 heteroatoms. The first-order chi connectivity index (χ1) is 15.6. The Morgan fingerprint density at radius 1 is 1.18 bits per heavy atom. The maximum atomic E-state index is 13.7. The summed E-state index contributed by atoms with van der Waals surface area (Å²) in [4.78, 5) is 41.1. The number of fused-ring (bicyclic) bond motifs is 1. The molecule has 2 saturated heterocycles. The van der Waals surface area contributed by atoms with E-state index in [9.17, 15) is 24.6 Å². The van der Waals surface area contributed by atoms with Crippen LogP contribution in [0.15, 0.2) is 46.9 Å². The van der Waals surface area contributed by atoms with Crippen LogP contribution < -0.4 is 15.0 Å². The average Bonchev–Trinajstić information content (AvgIpc) is 3.23. The average molecular weight is 517 g/mol. The number of ether oxygens (including phenoxy) is 1. The van der Waals surface area contributed by atoms with Crippen LogP contribution in [0.5, 0.6) is 11.5 Å². The zero-order chi connectivity index (χ0) is 24.1. The minimum Gasteiger partial charge on any atom is -0.508 e. The van der Waals surface area contributed by atoms with Crippen LogP contribution in [-0.2, 0) is 14.4 Å². The van der Waals surface area contributed by atoms with Gasteiger partial charge in [-0.05, 0) is 54.8 Å². The maximum absolute atomic E-state index is 13.7. The van der Waals surface area contributed by atoms with E-state index in [1.165, 1.54) is 13.2 Å². The van der Waals surface area contributed by atoms with E-state index in [1.54, 1.807) is 36.4 Å². The molecule has 2 heterocycles. The fourth-order valence-electron chi connectivity index (χ4n) is 5.14. The highest BCUT2D eigenvalue weighted by molar-refractivity contribution is 9.10. The lowest BCUT2D eigenvalue weighted by atomic mass is 9.75. The van der Waals surface area contributed by atoms with Crippen LogP contribution in [0.4, 0.5) is 5.69 Å². The molecule has 2 aromatic carbocycles. The molecule has 4 rings (SSSR count). The molecule has 0 radical (unpaired) electrons. The van der Waals surface area contributed by atoms with Crippen molar-refractivity contribution in [2.45, 2.75) is 31.8 Å². The number of phenolic OH excluding ortho intramolecular Hbond substituents is 1. The number of aromatic hydroxyl groups is 1. The first-order valence-corrected chi connectivity index (χ1v) is 11.4. The Morgan fingerprint density at radius 2 is 1.85 bits per heavy atom. The van der Waals surface area contributed by atoms with Gasteiger partial charge in [-0.2, -0.15) is 0 Å². The molecule has 2 aliphatic rings. The largest absolute Gasteiger partial charge is 0.508 e. The van der Waals surface area contributed by atoms with Crippen molar-refractivity contribution >= 4 is 39.4 Å². The summed E-state index contributed by atoms with van der Waals surface area (Å²) in [6, 6.07) is 10.4. The van der Waals surface area contributed by atoms with Gasteiger partial charge < -0.3 is 14.9 Å². The Labute approximate surface area is 199 Å². The molecule has 174 valence electrons. The number of carboxylic acids is 1. The van der Waals surface area contributed by atoms with Gasteiger partial charge in [-0.3, -0.25) is 19.7 Å². The Morgan fingerprint density at radius 3 is 2.42 bits per heavy atom. The van der Waals surface area contributed by atoms with Gasteiger partial charge in [0.05, 0.1) is 24.6 Å². The number of carbonyl (C=O) groups excluding carboxylic acids is 2. The number of methoxy groups -OCH3 is 1. The van der Waals surface area contributed by atoms with E-state index in [4.69, 9.17) is 4.74 Å². The standard InChI is InChI=1S/C24H25BrN2O6/c1-12(2)11-24(23(31)32)19-18(20(26-24)16-10-15(33-3)8-9-17(16)28)21(29)27(22(19)30)14-6-4-13(25)5-7-14/h4-10,12,18-20,26,28H,11H2,1-3H3,(H,31,32)/t18-,19+,20-,24-/m0/s1. The second kappa shape index (κ2) is 8.46. The zero-order valence-corrected chi connectivity index (χ0v) is 20.0. The monoisotopic (exact) mass is 516 g/mol. The number of hydrogen-bond acceptors (Lipinski definition) is 6. The Bertz CT molecular complexity index is 1120. The van der Waals surface area contributed by atoms with Gasteiger partial charge in [0, 0.05) is 16.1 Å². The molecule has 3 N–H and O–H groups in total. The van der Waals surface area contributed by atoms with E-state index in [0.29, 0.717) is 17.0 Å². The van der Waals surface area contributed by atoms with Crippen molar-refractivity contribution in [3.63, 3.8) is 0 Å². The summed E-state index contributed by atoms with van der Waals surface area (Å²) >= 11 is 3.34. The molecule has 2 aliphatic heterocycles. The fraction of sp³-hybridized carbons (Fsp3) is 0.375. The number of imide groups is 1. The molecule has 0 bridgehead atoms. The number of anilines is 1. The van der Waals surface area contributed by atoms with E-state index in [2.05, 4.69) is 21.2 Å². The number of carbonyl (C=O) groups is 3. The molecular formula is C24H25BrN2O6. The number of nitrogens with zero attached hydrogens (tertiary/aromatic N) is 1. The summed E-state index contributed by atoms with van der Waals surface area (Å²) in [7, 11) is 1.47. The third-order valence-corrected chi connectivity index (χ3v) is 6.95. The van der Waals surface area contributed by atoms with Gasteiger partial charge in [-0.1, -0.05) is 29.8 Å². The molecule has 0 aliphatic carbocycles. The smallest absolute Gasteiger partial charge is 0.324 e. The summed E-state index contributed by atoms with van der Waals surface area (Å²) in [5.41, 5.74) is -0.981. The Kier molecular flexibility index (Phi) is 5.96. The highest BCUT2D eigenvalue weighted by atomic mass is 79.9. The SMILES string of the molecule is COc1ccc(O)c([C@@H]2N[C@](CC(C)C)(C(=O)O)[C@H]3C(=O)N(c4ccc(Br)cc4)C(=O)[C@H]23)c1. The first-order valence-electron chi connectivity index (χ1n) is 10.6. The van der Waals surface area contributed by atoms with Gasteiger partial charge in [0.25, 0.3) is 0 Å². The normalized spacial score (nSPS) is 26.7. The van der Waals surface area contributed by atoms with E-state index >= 15 is 0 Å². The number of hydrogen-bond donors (Lipinski definition) is 3. The number of benzene rings is 2. The lowest BCUT2D eigenvalue weighted by Gasteiger charge is -2.32. The molecule has 0 unspecified atom stereocenters. The van der Waals surface area contributed by atoms with Crippen molar-refractivity contribution in [3.05, 3.63) is 52.5 Å². The van der Waals surface area contributed by atoms with E-state index in [-0.39, 0.29) is 18.1 Å². The van der Waals surface area contributed by atoms with Crippen LogP contribution in [0, 0.1) is 17.8 Å². The Hall–Kier alpha value is -2.91. The van der Waals surface area contributed by atoms with Crippen molar-refractivity contribution in [3.8, 4) is 11.5 Å². The van der Waals surface area contributed by atoms with Gasteiger partial charge in [-0.25, -0.2) is 4.90 Å². The van der Waals surface area contributed by atoms with Gasteiger partial charge in [0.1, 0.15) is 17.0 Å². The highest BCUT2D eigenvalue weighted by Gasteiger charge is 2.68. The molecule has 33 heavy (non-hydrogen) atoms. The summed E-state index contributed by atoms with van der Waals surface area (Å²) < 4.78 is 6.06. The molecular weight excluding hydrogens is 492 g/mol. The van der Waals surface area contributed by atoms with Gasteiger partial charge in [0.15, 0.2) is 0 Å². The van der Waals surface area contributed by atoms with Crippen molar-refractivity contribution < 1.29 is 29.3 Å². The van der Waals surface area contributed by atoms with E-state index in [0.717, 1.165) is 9.37 Å². The molecule has 2 amide bonds. The third-order valence-electron chi connectivity index (χ3n) is 6.42. The van der Waals surface area contributed by atoms with E-state index in [1.807, 2.05) is 13.8 Å². The van der Waals surface area contributed by atoms with Crippen LogP contribution >= 0.6 is 15.9 Å². The number of rotatable bonds is 6. The predicted molar refractivity (Wildman–Crippen MR) is 124 cm³/mol.